The zero-order chi connectivity index (χ0) is 9.68. The van der Waals surface area contributed by atoms with Crippen molar-refractivity contribution < 1.29 is 5.11 Å². The average Bonchev–Trinajstić information content (AvgIpc) is 2.17. The summed E-state index contributed by atoms with van der Waals surface area (Å²) in [7, 11) is 0. The Morgan fingerprint density at radius 2 is 2.08 bits per heavy atom. The molecule has 1 rings (SSSR count). The topological polar surface area (TPSA) is 44.0 Å². The highest BCUT2D eigenvalue weighted by atomic mass is 16.3. The number of nitrogens with zero attached hydrogens (tertiary/aromatic N) is 1. The maximum absolute atomic E-state index is 9.02. The van der Waals surface area contributed by atoms with E-state index in [0.29, 0.717) is 0 Å². The van der Waals surface area contributed by atoms with Gasteiger partial charge in [0.05, 0.1) is 6.07 Å². The van der Waals surface area contributed by atoms with Crippen molar-refractivity contribution in [3.8, 4) is 11.8 Å². The summed E-state index contributed by atoms with van der Waals surface area (Å²) in [5.41, 5.74) is 1.68. The largest absolute Gasteiger partial charge is 0.508 e. The van der Waals surface area contributed by atoms with Gasteiger partial charge in [0.15, 0.2) is 0 Å². The molecule has 0 saturated carbocycles. The Balaban J connectivity index is 2.92. The minimum absolute atomic E-state index is 0.243. The zero-order valence-electron chi connectivity index (χ0n) is 7.49. The lowest BCUT2D eigenvalue weighted by Crippen LogP contribution is -1.76. The van der Waals surface area contributed by atoms with Crippen molar-refractivity contribution in [1.29, 1.82) is 5.26 Å². The van der Waals surface area contributed by atoms with Crippen LogP contribution in [-0.4, -0.2) is 5.11 Å². The molecule has 2 nitrogen and oxygen atoms in total. The predicted molar refractivity (Wildman–Crippen MR) is 52.0 cm³/mol. The maximum atomic E-state index is 9.02. The highest BCUT2D eigenvalue weighted by Gasteiger charge is 1.92. The van der Waals surface area contributed by atoms with E-state index in [1.165, 1.54) is 0 Å². The quantitative estimate of drug-likeness (QED) is 0.699. The van der Waals surface area contributed by atoms with E-state index in [1.807, 2.05) is 13.0 Å². The number of hydrogen-bond acceptors (Lipinski definition) is 2. The molecule has 66 valence electrons. The van der Waals surface area contributed by atoms with E-state index in [9.17, 15) is 0 Å². The van der Waals surface area contributed by atoms with Crippen LogP contribution in [0.1, 0.15) is 18.9 Å². The molecule has 13 heavy (non-hydrogen) atoms. The number of benzene rings is 1. The molecule has 0 aliphatic heterocycles. The van der Waals surface area contributed by atoms with Crippen LogP contribution in [0.4, 0.5) is 0 Å². The molecule has 0 fully saturated rings. The molecule has 0 unspecified atom stereocenters. The molecule has 0 spiro atoms. The van der Waals surface area contributed by atoms with Gasteiger partial charge in [0.2, 0.25) is 0 Å². The van der Waals surface area contributed by atoms with Crippen LogP contribution in [0.25, 0.3) is 6.08 Å². The number of rotatable bonds is 2. The second kappa shape index (κ2) is 4.32. The van der Waals surface area contributed by atoms with E-state index in [2.05, 4.69) is 6.07 Å². The van der Waals surface area contributed by atoms with Crippen LogP contribution in [-0.2, 0) is 0 Å². The third-order valence-electron chi connectivity index (χ3n) is 1.76. The summed E-state index contributed by atoms with van der Waals surface area (Å²) in [5, 5.41) is 17.7. The second-order valence-corrected chi connectivity index (χ2v) is 2.73. The predicted octanol–water partition coefficient (Wildman–Crippen LogP) is 2.71. The Morgan fingerprint density at radius 1 is 1.46 bits per heavy atom. The molecule has 0 heterocycles. The maximum Gasteiger partial charge on any atom is 0.115 e. The zero-order valence-corrected chi connectivity index (χ0v) is 7.49. The monoisotopic (exact) mass is 173 g/mol. The third kappa shape index (κ3) is 2.64. The van der Waals surface area contributed by atoms with Crippen molar-refractivity contribution in [1.82, 2.24) is 0 Å². The first-order valence-electron chi connectivity index (χ1n) is 4.16. The van der Waals surface area contributed by atoms with Gasteiger partial charge in [-0.3, -0.25) is 0 Å². The van der Waals surface area contributed by atoms with Gasteiger partial charge in [0.1, 0.15) is 5.75 Å². The summed E-state index contributed by atoms with van der Waals surface area (Å²) in [6, 6.07) is 8.89. The lowest BCUT2D eigenvalue weighted by atomic mass is 10.1. The van der Waals surface area contributed by atoms with Crippen molar-refractivity contribution in [3.05, 3.63) is 35.4 Å². The Labute approximate surface area is 77.8 Å². The Morgan fingerprint density at radius 3 is 2.54 bits per heavy atom. The van der Waals surface area contributed by atoms with Crippen LogP contribution < -0.4 is 0 Å². The van der Waals surface area contributed by atoms with Gasteiger partial charge in [-0.05, 0) is 30.2 Å². The van der Waals surface area contributed by atoms with Gasteiger partial charge >= 0.3 is 0 Å². The van der Waals surface area contributed by atoms with Gasteiger partial charge < -0.3 is 5.11 Å². The molecule has 1 N–H and O–H groups in total. The standard InChI is InChI=1S/C11H11NO/c1-2-9(8-12)7-10-3-5-11(13)6-4-10/h3-7,13H,2H2,1H3/b9-7+. The SMILES string of the molecule is CC/C(C#N)=C\c1ccc(O)cc1. The summed E-state index contributed by atoms with van der Waals surface area (Å²) in [6.07, 6.45) is 2.55. The molecule has 0 bridgehead atoms. The minimum atomic E-state index is 0.243. The van der Waals surface area contributed by atoms with Gasteiger partial charge in [0, 0.05) is 5.57 Å². The fourth-order valence-electron chi connectivity index (χ4n) is 0.985. The van der Waals surface area contributed by atoms with E-state index in [0.717, 1.165) is 17.6 Å². The molecular formula is C11H11NO. The van der Waals surface area contributed by atoms with E-state index in [4.69, 9.17) is 10.4 Å². The summed E-state index contributed by atoms with van der Waals surface area (Å²) in [6.45, 7) is 1.94. The summed E-state index contributed by atoms with van der Waals surface area (Å²) >= 11 is 0. The number of phenolic OH excluding ortho intramolecular Hbond substituents is 1. The Bertz CT molecular complexity index is 343. The molecule has 0 atom stereocenters. The lowest BCUT2D eigenvalue weighted by Gasteiger charge is -1.95. The van der Waals surface area contributed by atoms with E-state index >= 15 is 0 Å². The molecular weight excluding hydrogens is 162 g/mol. The van der Waals surface area contributed by atoms with E-state index in [-0.39, 0.29) is 5.75 Å². The van der Waals surface area contributed by atoms with Crippen LogP contribution in [0.3, 0.4) is 0 Å². The van der Waals surface area contributed by atoms with Crippen LogP contribution in [0.2, 0.25) is 0 Å². The highest BCUT2D eigenvalue weighted by molar-refractivity contribution is 5.57. The number of allylic oxidation sites excluding steroid dienone is 1. The van der Waals surface area contributed by atoms with Crippen molar-refractivity contribution in [2.24, 2.45) is 0 Å². The van der Waals surface area contributed by atoms with Crippen molar-refractivity contribution in [2.45, 2.75) is 13.3 Å². The summed E-state index contributed by atoms with van der Waals surface area (Å²) < 4.78 is 0. The molecule has 1 aromatic carbocycles. The van der Waals surface area contributed by atoms with Crippen LogP contribution in [0.5, 0.6) is 5.75 Å². The molecule has 0 aliphatic rings. The van der Waals surface area contributed by atoms with Crippen molar-refractivity contribution >= 4 is 6.08 Å². The fourth-order valence-corrected chi connectivity index (χ4v) is 0.985. The van der Waals surface area contributed by atoms with Gasteiger partial charge in [-0.2, -0.15) is 5.26 Å². The van der Waals surface area contributed by atoms with E-state index < -0.39 is 0 Å². The summed E-state index contributed by atoms with van der Waals surface area (Å²) in [4.78, 5) is 0. The molecule has 0 amide bonds. The lowest BCUT2D eigenvalue weighted by molar-refractivity contribution is 0.475. The van der Waals surface area contributed by atoms with Crippen molar-refractivity contribution in [3.63, 3.8) is 0 Å². The number of hydrogen-bond donors (Lipinski definition) is 1. The third-order valence-corrected chi connectivity index (χ3v) is 1.76. The minimum Gasteiger partial charge on any atom is -0.508 e. The molecule has 1 aromatic rings. The first-order chi connectivity index (χ1) is 6.26. The number of aromatic hydroxyl groups is 1. The molecule has 0 aliphatic carbocycles. The first kappa shape index (κ1) is 9.34. The molecule has 2 heteroatoms. The smallest absolute Gasteiger partial charge is 0.115 e. The van der Waals surface area contributed by atoms with Gasteiger partial charge in [-0.1, -0.05) is 19.1 Å². The second-order valence-electron chi connectivity index (χ2n) is 2.73. The van der Waals surface area contributed by atoms with Crippen LogP contribution >= 0.6 is 0 Å². The van der Waals surface area contributed by atoms with E-state index in [1.54, 1.807) is 24.3 Å². The van der Waals surface area contributed by atoms with Gasteiger partial charge in [0.25, 0.3) is 0 Å². The fraction of sp³-hybridized carbons (Fsp3) is 0.182. The summed E-state index contributed by atoms with van der Waals surface area (Å²) in [5.74, 6) is 0.243. The molecule has 0 aromatic heterocycles. The van der Waals surface area contributed by atoms with Crippen LogP contribution in [0.15, 0.2) is 29.8 Å². The normalized spacial score (nSPS) is 10.9. The number of phenols is 1. The van der Waals surface area contributed by atoms with Gasteiger partial charge in [-0.15, -0.1) is 0 Å². The molecule has 0 radical (unpaired) electrons. The highest BCUT2D eigenvalue weighted by Crippen LogP contribution is 2.13. The Kier molecular flexibility index (Phi) is 3.10. The average molecular weight is 173 g/mol. The van der Waals surface area contributed by atoms with Crippen molar-refractivity contribution in [2.75, 3.05) is 0 Å². The van der Waals surface area contributed by atoms with Crippen LogP contribution in [0, 0.1) is 11.3 Å². The Hall–Kier alpha value is -1.75. The first-order valence-corrected chi connectivity index (χ1v) is 4.16. The number of nitriles is 1. The van der Waals surface area contributed by atoms with Gasteiger partial charge in [-0.25, -0.2) is 0 Å². The molecule has 0 saturated heterocycles.